The number of hydrogen-bond donors (Lipinski definition) is 1. The zero-order chi connectivity index (χ0) is 16.1. The zero-order valence-corrected chi connectivity index (χ0v) is 12.8. The van der Waals surface area contributed by atoms with Crippen LogP contribution in [0.25, 0.3) is 0 Å². The van der Waals surface area contributed by atoms with Crippen LogP contribution in [0, 0.1) is 0 Å². The highest BCUT2D eigenvalue weighted by atomic mass is 16.5. The largest absolute Gasteiger partial charge is 0.436 e. The molecule has 0 aromatic carbocycles. The summed E-state index contributed by atoms with van der Waals surface area (Å²) in [6.07, 6.45) is 8.44. The number of ether oxygens (including phenoxy) is 1. The molecule has 0 atom stereocenters. The molecular formula is C16H19N5O2. The van der Waals surface area contributed by atoms with Gasteiger partial charge in [0.1, 0.15) is 11.4 Å². The van der Waals surface area contributed by atoms with Gasteiger partial charge in [0.15, 0.2) is 0 Å². The first-order valence-corrected chi connectivity index (χ1v) is 7.62. The third kappa shape index (κ3) is 4.01. The van der Waals surface area contributed by atoms with Crippen LogP contribution < -0.4 is 10.5 Å². The van der Waals surface area contributed by atoms with Crippen molar-refractivity contribution >= 4 is 5.91 Å². The predicted octanol–water partition coefficient (Wildman–Crippen LogP) is 1.33. The van der Waals surface area contributed by atoms with Gasteiger partial charge in [-0.15, -0.1) is 0 Å². The maximum Gasteiger partial charge on any atom is 0.241 e. The molecule has 2 aromatic heterocycles. The van der Waals surface area contributed by atoms with Crippen molar-refractivity contribution in [3.8, 4) is 11.6 Å². The van der Waals surface area contributed by atoms with E-state index in [0.29, 0.717) is 18.2 Å². The highest BCUT2D eigenvalue weighted by Gasteiger charge is 2.25. The number of primary amides is 1. The summed E-state index contributed by atoms with van der Waals surface area (Å²) in [4.78, 5) is 25.9. The Bertz CT molecular complexity index is 657. The fourth-order valence-corrected chi connectivity index (χ4v) is 2.80. The number of rotatable bonds is 5. The van der Waals surface area contributed by atoms with Gasteiger partial charge in [0, 0.05) is 24.5 Å². The Hall–Kier alpha value is -2.54. The average Bonchev–Trinajstić information content (AvgIpc) is 2.57. The minimum Gasteiger partial charge on any atom is -0.436 e. The van der Waals surface area contributed by atoms with E-state index in [1.807, 2.05) is 12.1 Å². The molecule has 0 spiro atoms. The van der Waals surface area contributed by atoms with Crippen LogP contribution in [0.15, 0.2) is 36.9 Å². The fraction of sp³-hybridized carbons (Fsp3) is 0.375. The lowest BCUT2D eigenvalue weighted by Gasteiger charge is -2.30. The molecule has 0 unspecified atom stereocenters. The number of nitrogens with two attached hydrogens (primary N) is 1. The number of piperidine rings is 1. The van der Waals surface area contributed by atoms with Crippen LogP contribution >= 0.6 is 0 Å². The molecule has 0 bridgehead atoms. The molecule has 23 heavy (non-hydrogen) atoms. The Labute approximate surface area is 134 Å². The van der Waals surface area contributed by atoms with E-state index in [2.05, 4.69) is 19.9 Å². The number of aromatic nitrogens is 3. The van der Waals surface area contributed by atoms with Crippen molar-refractivity contribution < 1.29 is 9.53 Å². The van der Waals surface area contributed by atoms with Gasteiger partial charge in [-0.25, -0.2) is 4.98 Å². The summed E-state index contributed by atoms with van der Waals surface area (Å²) < 4.78 is 5.83. The lowest BCUT2D eigenvalue weighted by Crippen LogP contribution is -2.39. The van der Waals surface area contributed by atoms with Crippen LogP contribution in [0.1, 0.15) is 24.5 Å². The van der Waals surface area contributed by atoms with Gasteiger partial charge in [0.25, 0.3) is 0 Å². The molecule has 0 radical (unpaired) electrons. The molecule has 120 valence electrons. The van der Waals surface area contributed by atoms with Crippen LogP contribution in [0.2, 0.25) is 0 Å². The Kier molecular flexibility index (Phi) is 4.77. The van der Waals surface area contributed by atoms with Gasteiger partial charge in [0.2, 0.25) is 11.8 Å². The number of carbonyl (C=O) groups excluding carboxylic acids is 1. The van der Waals surface area contributed by atoms with E-state index in [-0.39, 0.29) is 11.8 Å². The summed E-state index contributed by atoms with van der Waals surface area (Å²) in [5.41, 5.74) is 6.11. The van der Waals surface area contributed by atoms with Crippen molar-refractivity contribution in [3.05, 3.63) is 42.6 Å². The Morgan fingerprint density at radius 3 is 2.74 bits per heavy atom. The summed E-state index contributed by atoms with van der Waals surface area (Å²) >= 11 is 0. The van der Waals surface area contributed by atoms with Crippen molar-refractivity contribution in [1.29, 1.82) is 0 Å². The Morgan fingerprint density at radius 2 is 2.04 bits per heavy atom. The van der Waals surface area contributed by atoms with Gasteiger partial charge in [-0.1, -0.05) is 0 Å². The first-order chi connectivity index (χ1) is 11.2. The fourth-order valence-electron chi connectivity index (χ4n) is 2.80. The molecule has 1 saturated heterocycles. The van der Waals surface area contributed by atoms with Crippen molar-refractivity contribution in [2.45, 2.75) is 18.8 Å². The van der Waals surface area contributed by atoms with E-state index in [9.17, 15) is 4.79 Å². The molecule has 3 rings (SSSR count). The first kappa shape index (κ1) is 15.4. The molecule has 2 N–H and O–H groups in total. The van der Waals surface area contributed by atoms with Gasteiger partial charge >= 0.3 is 0 Å². The summed E-state index contributed by atoms with van der Waals surface area (Å²) in [7, 11) is 0. The minimum atomic E-state index is -0.288. The molecular weight excluding hydrogens is 294 g/mol. The summed E-state index contributed by atoms with van der Waals surface area (Å²) in [5.74, 6) is 1.14. The quantitative estimate of drug-likeness (QED) is 0.895. The molecule has 0 saturated carbocycles. The number of amides is 1. The molecule has 3 heterocycles. The topological polar surface area (TPSA) is 94.2 Å². The van der Waals surface area contributed by atoms with Crippen molar-refractivity contribution in [1.82, 2.24) is 19.9 Å². The van der Waals surface area contributed by atoms with Gasteiger partial charge < -0.3 is 10.5 Å². The van der Waals surface area contributed by atoms with Gasteiger partial charge in [-0.3, -0.25) is 19.7 Å². The van der Waals surface area contributed by atoms with Crippen LogP contribution in [0.4, 0.5) is 0 Å². The van der Waals surface area contributed by atoms with Crippen molar-refractivity contribution in [3.63, 3.8) is 0 Å². The molecule has 0 aliphatic carbocycles. The van der Waals surface area contributed by atoms with E-state index >= 15 is 0 Å². The molecule has 7 nitrogen and oxygen atoms in total. The summed E-state index contributed by atoms with van der Waals surface area (Å²) in [5, 5.41) is 0. The summed E-state index contributed by atoms with van der Waals surface area (Å²) in [6.45, 7) is 1.94. The molecule has 2 aromatic rings. The second kappa shape index (κ2) is 7.15. The van der Waals surface area contributed by atoms with E-state index in [1.165, 1.54) is 0 Å². The average molecular weight is 313 g/mol. The highest BCUT2D eigenvalue weighted by molar-refractivity contribution is 5.75. The standard InChI is InChI=1S/C16H19N5O2/c17-14(22)11-21-8-3-12(4-9-21)15-16(20-7-6-19-15)23-13-2-1-5-18-10-13/h1-2,5-7,10,12H,3-4,8-9,11H2,(H2,17,22). The van der Waals surface area contributed by atoms with Gasteiger partial charge in [-0.2, -0.15) is 0 Å². The van der Waals surface area contributed by atoms with E-state index < -0.39 is 0 Å². The van der Waals surface area contributed by atoms with E-state index in [0.717, 1.165) is 31.6 Å². The number of likely N-dealkylation sites (tertiary alicyclic amines) is 1. The molecule has 1 amide bonds. The second-order valence-corrected chi connectivity index (χ2v) is 5.55. The third-order valence-corrected chi connectivity index (χ3v) is 3.89. The lowest BCUT2D eigenvalue weighted by molar-refractivity contribution is -0.119. The zero-order valence-electron chi connectivity index (χ0n) is 12.8. The molecule has 1 fully saturated rings. The number of hydrogen-bond acceptors (Lipinski definition) is 6. The summed E-state index contributed by atoms with van der Waals surface area (Å²) in [6, 6.07) is 3.65. The smallest absolute Gasteiger partial charge is 0.241 e. The maximum absolute atomic E-state index is 11.0. The normalized spacial score (nSPS) is 16.2. The molecule has 7 heteroatoms. The molecule has 1 aliphatic rings. The van der Waals surface area contributed by atoms with Gasteiger partial charge in [0.05, 0.1) is 12.7 Å². The first-order valence-electron chi connectivity index (χ1n) is 7.62. The SMILES string of the molecule is NC(=O)CN1CCC(c2nccnc2Oc2cccnc2)CC1. The second-order valence-electron chi connectivity index (χ2n) is 5.55. The van der Waals surface area contributed by atoms with Crippen molar-refractivity contribution in [2.75, 3.05) is 19.6 Å². The molecule has 1 aliphatic heterocycles. The Balaban J connectivity index is 1.70. The maximum atomic E-state index is 11.0. The minimum absolute atomic E-state index is 0.263. The Morgan fingerprint density at radius 1 is 1.26 bits per heavy atom. The third-order valence-electron chi connectivity index (χ3n) is 3.89. The monoisotopic (exact) mass is 313 g/mol. The van der Waals surface area contributed by atoms with E-state index in [1.54, 1.807) is 24.8 Å². The predicted molar refractivity (Wildman–Crippen MR) is 84.0 cm³/mol. The lowest BCUT2D eigenvalue weighted by atomic mass is 9.93. The number of pyridine rings is 1. The van der Waals surface area contributed by atoms with Crippen LogP contribution in [-0.2, 0) is 4.79 Å². The van der Waals surface area contributed by atoms with Gasteiger partial charge in [-0.05, 0) is 38.1 Å². The van der Waals surface area contributed by atoms with Crippen molar-refractivity contribution in [2.24, 2.45) is 5.73 Å². The number of nitrogens with zero attached hydrogens (tertiary/aromatic N) is 4. The van der Waals surface area contributed by atoms with E-state index in [4.69, 9.17) is 10.5 Å². The highest BCUT2D eigenvalue weighted by Crippen LogP contribution is 2.33. The van der Waals surface area contributed by atoms with Crippen LogP contribution in [0.3, 0.4) is 0 Å². The van der Waals surface area contributed by atoms with Crippen LogP contribution in [-0.4, -0.2) is 45.4 Å². The number of carbonyl (C=O) groups is 1. The van der Waals surface area contributed by atoms with Crippen LogP contribution in [0.5, 0.6) is 11.6 Å².